The van der Waals surface area contributed by atoms with Crippen molar-refractivity contribution in [3.05, 3.63) is 56.9 Å². The maximum Gasteiger partial charge on any atom is 0.274 e. The third-order valence-electron chi connectivity index (χ3n) is 2.78. The van der Waals surface area contributed by atoms with E-state index in [9.17, 15) is 9.59 Å². The summed E-state index contributed by atoms with van der Waals surface area (Å²) in [6, 6.07) is 10.6. The van der Waals surface area contributed by atoms with Crippen LogP contribution in [0.4, 0.5) is 5.69 Å². The van der Waals surface area contributed by atoms with Gasteiger partial charge in [0.25, 0.3) is 5.56 Å². The number of carbonyl (C=O) groups is 1. The van der Waals surface area contributed by atoms with Crippen molar-refractivity contribution in [3.8, 4) is 6.07 Å². The molecule has 5 nitrogen and oxygen atoms in total. The van der Waals surface area contributed by atoms with Gasteiger partial charge in [0.15, 0.2) is 0 Å². The normalized spacial score (nSPS) is 10.0. The molecule has 0 aliphatic rings. The minimum Gasteiger partial charge on any atom is -0.321 e. The topological polar surface area (TPSA) is 74.9 Å². The van der Waals surface area contributed by atoms with Crippen LogP contribution in [0.25, 0.3) is 0 Å². The summed E-state index contributed by atoms with van der Waals surface area (Å²) in [5.41, 5.74) is 0.550. The van der Waals surface area contributed by atoms with Crippen LogP contribution in [0.1, 0.15) is 5.56 Å². The monoisotopic (exact) mass is 377 g/mol. The highest BCUT2D eigenvalue weighted by Gasteiger charge is 2.08. The molecule has 7 heteroatoms. The van der Waals surface area contributed by atoms with Crippen LogP contribution in [0.3, 0.4) is 0 Å². The number of aromatic nitrogens is 1. The SMILES string of the molecule is Cn1cc(Br)cc(NC(=O)CSc2ccc(C#N)cc2)c1=O. The number of rotatable bonds is 4. The Morgan fingerprint density at radius 2 is 2.09 bits per heavy atom. The standard InChI is InChI=1S/C15H12BrN3O2S/c1-19-8-11(16)6-13(15(19)21)18-14(20)9-22-12-4-2-10(7-17)3-5-12/h2-6,8H,9H2,1H3,(H,18,20). The lowest BCUT2D eigenvalue weighted by molar-refractivity contribution is -0.113. The Hall–Kier alpha value is -2.04. The molecule has 1 N–H and O–H groups in total. The number of nitriles is 1. The first-order valence-electron chi connectivity index (χ1n) is 6.28. The number of nitrogens with one attached hydrogen (secondary N) is 1. The van der Waals surface area contributed by atoms with Gasteiger partial charge in [-0.05, 0) is 46.3 Å². The predicted molar refractivity (Wildman–Crippen MR) is 89.9 cm³/mol. The van der Waals surface area contributed by atoms with Crippen LogP contribution in [0.5, 0.6) is 0 Å². The second-order valence-corrected chi connectivity index (χ2v) is 6.43. The van der Waals surface area contributed by atoms with Gasteiger partial charge in [-0.25, -0.2) is 0 Å². The van der Waals surface area contributed by atoms with Crippen molar-refractivity contribution in [2.24, 2.45) is 7.05 Å². The summed E-state index contributed by atoms with van der Waals surface area (Å²) in [5.74, 6) is -0.0776. The predicted octanol–water partition coefficient (Wildman–Crippen LogP) is 2.75. The Kier molecular flexibility index (Phi) is 5.41. The molecule has 2 aromatic rings. The van der Waals surface area contributed by atoms with E-state index in [2.05, 4.69) is 21.2 Å². The van der Waals surface area contributed by atoms with Crippen LogP contribution in [0.15, 0.2) is 50.7 Å². The fraction of sp³-hybridized carbons (Fsp3) is 0.133. The van der Waals surface area contributed by atoms with Crippen molar-refractivity contribution in [2.75, 3.05) is 11.1 Å². The molecule has 0 aliphatic heterocycles. The number of carbonyl (C=O) groups excluding carboxylic acids is 1. The molecule has 1 aromatic carbocycles. The number of aryl methyl sites for hydroxylation is 1. The van der Waals surface area contributed by atoms with E-state index in [1.54, 1.807) is 43.6 Å². The lowest BCUT2D eigenvalue weighted by Crippen LogP contribution is -2.24. The first-order chi connectivity index (χ1) is 10.5. The number of nitrogens with zero attached hydrogens (tertiary/aromatic N) is 2. The Bertz CT molecular complexity index is 794. The lowest BCUT2D eigenvalue weighted by atomic mass is 10.2. The highest BCUT2D eigenvalue weighted by Crippen LogP contribution is 2.18. The zero-order chi connectivity index (χ0) is 16.1. The second kappa shape index (κ2) is 7.29. The highest BCUT2D eigenvalue weighted by atomic mass is 79.9. The molecule has 1 amide bonds. The minimum atomic E-state index is -0.264. The van der Waals surface area contributed by atoms with Crippen LogP contribution >= 0.6 is 27.7 Å². The van der Waals surface area contributed by atoms with E-state index in [4.69, 9.17) is 5.26 Å². The van der Waals surface area contributed by atoms with E-state index in [1.807, 2.05) is 6.07 Å². The van der Waals surface area contributed by atoms with Gasteiger partial charge in [0.05, 0.1) is 17.4 Å². The van der Waals surface area contributed by atoms with Crippen molar-refractivity contribution in [1.82, 2.24) is 4.57 Å². The first-order valence-corrected chi connectivity index (χ1v) is 8.06. The quantitative estimate of drug-likeness (QED) is 0.831. The summed E-state index contributed by atoms with van der Waals surface area (Å²) in [5, 5.41) is 11.3. The number of benzene rings is 1. The van der Waals surface area contributed by atoms with E-state index in [0.717, 1.165) is 4.90 Å². The van der Waals surface area contributed by atoms with Gasteiger partial charge in [0.1, 0.15) is 5.69 Å². The molecule has 0 bridgehead atoms. The van der Waals surface area contributed by atoms with Gasteiger partial charge in [-0.1, -0.05) is 0 Å². The fourth-order valence-electron chi connectivity index (χ4n) is 1.72. The molecule has 0 radical (unpaired) electrons. The summed E-state index contributed by atoms with van der Waals surface area (Å²) in [4.78, 5) is 24.7. The fourth-order valence-corrected chi connectivity index (χ4v) is 2.96. The molecule has 0 saturated heterocycles. The van der Waals surface area contributed by atoms with Crippen molar-refractivity contribution in [1.29, 1.82) is 5.26 Å². The van der Waals surface area contributed by atoms with Gasteiger partial charge in [-0.2, -0.15) is 5.26 Å². The number of hydrogen-bond acceptors (Lipinski definition) is 4. The van der Waals surface area contributed by atoms with E-state index in [1.165, 1.54) is 16.3 Å². The van der Waals surface area contributed by atoms with E-state index in [0.29, 0.717) is 10.0 Å². The van der Waals surface area contributed by atoms with E-state index < -0.39 is 0 Å². The number of pyridine rings is 1. The zero-order valence-electron chi connectivity index (χ0n) is 11.7. The van der Waals surface area contributed by atoms with Crippen LogP contribution in [0.2, 0.25) is 0 Å². The Morgan fingerprint density at radius 1 is 1.41 bits per heavy atom. The van der Waals surface area contributed by atoms with Crippen molar-refractivity contribution < 1.29 is 4.79 Å². The maximum absolute atomic E-state index is 11.9. The van der Waals surface area contributed by atoms with Gasteiger partial charge >= 0.3 is 0 Å². The molecule has 0 atom stereocenters. The van der Waals surface area contributed by atoms with Gasteiger partial charge in [0.2, 0.25) is 5.91 Å². The summed E-state index contributed by atoms with van der Waals surface area (Å²) in [7, 11) is 1.62. The van der Waals surface area contributed by atoms with Crippen LogP contribution in [-0.2, 0) is 11.8 Å². The molecule has 0 saturated carbocycles. The number of hydrogen-bond donors (Lipinski definition) is 1. The minimum absolute atomic E-state index is 0.182. The Balaban J connectivity index is 1.99. The summed E-state index contributed by atoms with van der Waals surface area (Å²) >= 11 is 4.62. The van der Waals surface area contributed by atoms with Crippen LogP contribution in [0, 0.1) is 11.3 Å². The smallest absolute Gasteiger partial charge is 0.274 e. The molecule has 2 rings (SSSR count). The number of amides is 1. The van der Waals surface area contributed by atoms with Gasteiger partial charge in [-0.15, -0.1) is 11.8 Å². The average molecular weight is 378 g/mol. The molecule has 112 valence electrons. The first kappa shape index (κ1) is 16.3. The zero-order valence-corrected chi connectivity index (χ0v) is 14.1. The van der Waals surface area contributed by atoms with Crippen molar-refractivity contribution in [2.45, 2.75) is 4.90 Å². The second-order valence-electron chi connectivity index (χ2n) is 4.46. The molecule has 1 aromatic heterocycles. The summed E-state index contributed by atoms with van der Waals surface area (Å²) in [6.45, 7) is 0. The van der Waals surface area contributed by atoms with E-state index in [-0.39, 0.29) is 22.9 Å². The van der Waals surface area contributed by atoms with Crippen LogP contribution < -0.4 is 10.9 Å². The molecular weight excluding hydrogens is 366 g/mol. The molecule has 0 aliphatic carbocycles. The summed E-state index contributed by atoms with van der Waals surface area (Å²) in [6.07, 6.45) is 1.63. The van der Waals surface area contributed by atoms with E-state index >= 15 is 0 Å². The van der Waals surface area contributed by atoms with Gasteiger partial charge in [-0.3, -0.25) is 9.59 Å². The average Bonchev–Trinajstić information content (AvgIpc) is 2.50. The van der Waals surface area contributed by atoms with Crippen LogP contribution in [-0.4, -0.2) is 16.2 Å². The summed E-state index contributed by atoms with van der Waals surface area (Å²) < 4.78 is 2.11. The largest absolute Gasteiger partial charge is 0.321 e. The number of anilines is 1. The number of thioether (sulfide) groups is 1. The molecule has 22 heavy (non-hydrogen) atoms. The van der Waals surface area contributed by atoms with Gasteiger partial charge < -0.3 is 9.88 Å². The maximum atomic E-state index is 11.9. The number of halogens is 1. The van der Waals surface area contributed by atoms with Gasteiger partial charge in [0, 0.05) is 22.6 Å². The Labute approximate surface area is 140 Å². The van der Waals surface area contributed by atoms with Crippen molar-refractivity contribution in [3.63, 3.8) is 0 Å². The van der Waals surface area contributed by atoms with Crippen molar-refractivity contribution >= 4 is 39.3 Å². The third kappa shape index (κ3) is 4.23. The lowest BCUT2D eigenvalue weighted by Gasteiger charge is -2.07. The molecule has 0 unspecified atom stereocenters. The molecule has 0 spiro atoms. The molecule has 0 fully saturated rings. The molecular formula is C15H12BrN3O2S. The molecule has 1 heterocycles. The highest BCUT2D eigenvalue weighted by molar-refractivity contribution is 9.10. The third-order valence-corrected chi connectivity index (χ3v) is 4.22. The Morgan fingerprint density at radius 3 is 2.73 bits per heavy atom.